The first-order valence-corrected chi connectivity index (χ1v) is 21.7. The summed E-state index contributed by atoms with van der Waals surface area (Å²) < 4.78 is 8.34. The van der Waals surface area contributed by atoms with Crippen molar-refractivity contribution in [3.8, 4) is 0 Å². The lowest BCUT2D eigenvalue weighted by atomic mass is 10.1. The highest BCUT2D eigenvalue weighted by Gasteiger charge is 2.61. The average Bonchev–Trinajstić information content (AvgIpc) is 2.70. The molecule has 2 rings (SSSR count). The van der Waals surface area contributed by atoms with Gasteiger partial charge in [0.25, 0.3) is 0 Å². The van der Waals surface area contributed by atoms with Crippen LogP contribution in [-0.4, -0.2) is 47.1 Å². The molecule has 0 aromatic heterocycles. The second-order valence-electron chi connectivity index (χ2n) is 9.59. The minimum absolute atomic E-state index is 0.331. The molecular weight excluding hydrogens is 465 g/mol. The van der Waals surface area contributed by atoms with E-state index in [0.717, 1.165) is 11.8 Å². The molecule has 0 bridgehead atoms. The van der Waals surface area contributed by atoms with Gasteiger partial charge < -0.3 is 4.12 Å². The first-order chi connectivity index (χ1) is 13.7. The van der Waals surface area contributed by atoms with Crippen LogP contribution in [0.1, 0.15) is 66.2 Å². The van der Waals surface area contributed by atoms with Crippen LogP contribution in [-0.2, 0) is 4.12 Å². The van der Waals surface area contributed by atoms with Crippen LogP contribution in [0.5, 0.6) is 0 Å². The highest BCUT2D eigenvalue weighted by Crippen LogP contribution is 2.59. The molecular formula is C22H46OS4Si2. The van der Waals surface area contributed by atoms with Gasteiger partial charge in [-0.25, -0.2) is 0 Å². The predicted molar refractivity (Wildman–Crippen MR) is 149 cm³/mol. The zero-order valence-electron chi connectivity index (χ0n) is 20.3. The van der Waals surface area contributed by atoms with E-state index in [1.807, 2.05) is 0 Å². The van der Waals surface area contributed by atoms with Crippen molar-refractivity contribution in [2.45, 2.75) is 99.8 Å². The molecule has 2 fully saturated rings. The Bertz CT molecular complexity index is 451. The summed E-state index contributed by atoms with van der Waals surface area (Å²) in [6.45, 7) is 20.0. The van der Waals surface area contributed by atoms with Crippen molar-refractivity contribution in [1.29, 1.82) is 0 Å². The van der Waals surface area contributed by atoms with E-state index in [-0.39, 0.29) is 0 Å². The summed E-state index contributed by atoms with van der Waals surface area (Å²) in [6.07, 6.45) is 7.90. The molecule has 172 valence electrons. The van der Waals surface area contributed by atoms with Gasteiger partial charge in [-0.15, -0.1) is 47.0 Å². The van der Waals surface area contributed by atoms with Crippen molar-refractivity contribution < 1.29 is 4.12 Å². The summed E-state index contributed by atoms with van der Waals surface area (Å²) in [5.74, 6) is 6.86. The van der Waals surface area contributed by atoms with Gasteiger partial charge in [-0.05, 0) is 73.9 Å². The van der Waals surface area contributed by atoms with Crippen LogP contribution in [0, 0.1) is 11.8 Å². The van der Waals surface area contributed by atoms with Crippen molar-refractivity contribution in [3.63, 3.8) is 0 Å². The van der Waals surface area contributed by atoms with Gasteiger partial charge in [-0.3, -0.25) is 0 Å². The monoisotopic (exact) mass is 510 g/mol. The summed E-state index contributed by atoms with van der Waals surface area (Å²) in [5, 5.41) is 0. The molecule has 29 heavy (non-hydrogen) atoms. The second kappa shape index (κ2) is 11.3. The Morgan fingerprint density at radius 3 is 1.14 bits per heavy atom. The molecule has 0 spiro atoms. The van der Waals surface area contributed by atoms with Gasteiger partial charge in [0.15, 0.2) is 16.6 Å². The highest BCUT2D eigenvalue weighted by molar-refractivity contribution is 8.22. The maximum atomic E-state index is 7.67. The van der Waals surface area contributed by atoms with Crippen LogP contribution >= 0.6 is 47.0 Å². The SMILES string of the molecule is CCC(CC)C1([Si](C)(C)O[Si](C)(C)C2(C(CC)CC)SCCCS2)SCCCS1. The van der Waals surface area contributed by atoms with E-state index >= 15 is 0 Å². The molecule has 0 unspecified atom stereocenters. The largest absolute Gasteiger partial charge is 0.453 e. The Hall–Kier alpha value is 1.79. The Kier molecular flexibility index (Phi) is 10.5. The van der Waals surface area contributed by atoms with Gasteiger partial charge in [-0.2, -0.15) is 0 Å². The molecule has 0 saturated carbocycles. The number of rotatable bonds is 10. The molecule has 2 saturated heterocycles. The van der Waals surface area contributed by atoms with Crippen LogP contribution in [0.2, 0.25) is 26.2 Å². The zero-order chi connectivity index (χ0) is 21.8. The molecule has 2 aliphatic rings. The van der Waals surface area contributed by atoms with E-state index in [1.54, 1.807) is 0 Å². The summed E-state index contributed by atoms with van der Waals surface area (Å²) in [6, 6.07) is 0. The quantitative estimate of drug-likeness (QED) is 0.271. The molecule has 2 heterocycles. The van der Waals surface area contributed by atoms with Crippen LogP contribution in [0.15, 0.2) is 0 Å². The van der Waals surface area contributed by atoms with Gasteiger partial charge >= 0.3 is 0 Å². The molecule has 0 aromatic carbocycles. The Morgan fingerprint density at radius 1 is 0.621 bits per heavy atom. The molecule has 0 aromatic rings. The topological polar surface area (TPSA) is 9.23 Å². The molecule has 7 heteroatoms. The molecule has 0 N–H and O–H groups in total. The van der Waals surface area contributed by atoms with E-state index in [1.165, 1.54) is 61.5 Å². The Labute approximate surface area is 201 Å². The fourth-order valence-electron chi connectivity index (χ4n) is 5.68. The molecule has 2 aliphatic heterocycles. The van der Waals surface area contributed by atoms with Crippen LogP contribution in [0.3, 0.4) is 0 Å². The van der Waals surface area contributed by atoms with E-state index in [9.17, 15) is 0 Å². The highest BCUT2D eigenvalue weighted by atomic mass is 32.2. The third kappa shape index (κ3) is 5.32. The molecule has 0 atom stereocenters. The number of thioether (sulfide) groups is 4. The number of hydrogen-bond acceptors (Lipinski definition) is 5. The summed E-state index contributed by atoms with van der Waals surface area (Å²) >= 11 is 9.16. The van der Waals surface area contributed by atoms with Gasteiger partial charge in [0.1, 0.15) is 0 Å². The fourth-order valence-corrected chi connectivity index (χ4v) is 29.7. The molecule has 1 nitrogen and oxygen atoms in total. The third-order valence-corrected chi connectivity index (χ3v) is 29.4. The van der Waals surface area contributed by atoms with Crippen molar-refractivity contribution in [1.82, 2.24) is 0 Å². The molecule has 0 aliphatic carbocycles. The molecule has 0 amide bonds. The minimum Gasteiger partial charge on any atom is -0.453 e. The summed E-state index contributed by atoms with van der Waals surface area (Å²) in [7, 11) is -3.87. The van der Waals surface area contributed by atoms with Crippen LogP contribution in [0.25, 0.3) is 0 Å². The maximum absolute atomic E-state index is 7.67. The van der Waals surface area contributed by atoms with E-state index in [0.29, 0.717) is 7.40 Å². The second-order valence-corrected chi connectivity index (χ2v) is 25.4. The lowest BCUT2D eigenvalue weighted by Crippen LogP contribution is -2.67. The zero-order valence-corrected chi connectivity index (χ0v) is 25.5. The normalized spacial score (nSPS) is 23.0. The first kappa shape index (κ1) is 27.0. The lowest BCUT2D eigenvalue weighted by Gasteiger charge is -2.57. The Morgan fingerprint density at radius 2 is 0.897 bits per heavy atom. The lowest BCUT2D eigenvalue weighted by molar-refractivity contribution is 0.422. The van der Waals surface area contributed by atoms with E-state index in [4.69, 9.17) is 4.12 Å². The summed E-state index contributed by atoms with van der Waals surface area (Å²) in [4.78, 5) is 0. The van der Waals surface area contributed by atoms with E-state index in [2.05, 4.69) is 101 Å². The van der Waals surface area contributed by atoms with Crippen molar-refractivity contribution in [3.05, 3.63) is 0 Å². The standard InChI is InChI=1S/C22H46OS4Si2/c1-9-19(10-2)21(24-15-13-16-25-21)28(5,6)23-29(7,8)22(20(11-3)12-4)26-17-14-18-27-22/h19-20H,9-18H2,1-8H3. The smallest absolute Gasteiger partial charge is 0.200 e. The molecule has 0 radical (unpaired) electrons. The predicted octanol–water partition coefficient (Wildman–Crippen LogP) is 8.50. The van der Waals surface area contributed by atoms with Crippen LogP contribution < -0.4 is 0 Å². The summed E-state index contributed by atoms with van der Waals surface area (Å²) in [5.41, 5.74) is 0. The number of hydrogen-bond donors (Lipinski definition) is 0. The van der Waals surface area contributed by atoms with Crippen molar-refractivity contribution in [2.75, 3.05) is 23.0 Å². The maximum Gasteiger partial charge on any atom is 0.200 e. The minimum atomic E-state index is -1.93. The fraction of sp³-hybridized carbons (Fsp3) is 1.00. The first-order valence-electron chi connectivity index (χ1n) is 11.9. The third-order valence-electron chi connectivity index (χ3n) is 7.08. The average molecular weight is 511 g/mol. The van der Waals surface area contributed by atoms with Gasteiger partial charge in [0, 0.05) is 0 Å². The van der Waals surface area contributed by atoms with Gasteiger partial charge in [0.05, 0.1) is 7.40 Å². The van der Waals surface area contributed by atoms with E-state index < -0.39 is 16.6 Å². The van der Waals surface area contributed by atoms with Crippen molar-refractivity contribution in [2.24, 2.45) is 11.8 Å². The van der Waals surface area contributed by atoms with Gasteiger partial charge in [-0.1, -0.05) is 53.4 Å². The van der Waals surface area contributed by atoms with Crippen molar-refractivity contribution >= 4 is 63.7 Å². The van der Waals surface area contributed by atoms with Gasteiger partial charge in [0.2, 0.25) is 0 Å². The Balaban J connectivity index is 2.42. The van der Waals surface area contributed by atoms with Crippen LogP contribution in [0.4, 0.5) is 0 Å².